The molecule has 1 aromatic heterocycles. The zero-order chi connectivity index (χ0) is 20.3. The number of carbonyl (C=O) groups is 2. The van der Waals surface area contributed by atoms with Gasteiger partial charge in [0.25, 0.3) is 5.91 Å². The maximum absolute atomic E-state index is 13.0. The molecule has 0 saturated carbocycles. The summed E-state index contributed by atoms with van der Waals surface area (Å²) in [4.78, 5) is 25.0. The number of hydrogen-bond donors (Lipinski definition) is 1. The Kier molecular flexibility index (Phi) is 5.90. The van der Waals surface area contributed by atoms with Gasteiger partial charge < -0.3 is 5.32 Å². The van der Waals surface area contributed by atoms with Crippen molar-refractivity contribution in [3.8, 4) is 0 Å². The van der Waals surface area contributed by atoms with Crippen LogP contribution in [-0.4, -0.2) is 21.5 Å². The molecule has 0 unspecified atom stereocenters. The third kappa shape index (κ3) is 4.12. The average molecular weight is 400 g/mol. The molecule has 2 aromatic carbocycles. The monoisotopic (exact) mass is 399 g/mol. The molecular formula is C21H19ClFN3O2. The van der Waals surface area contributed by atoms with Gasteiger partial charge in [0, 0.05) is 23.9 Å². The molecule has 5 nitrogen and oxygen atoms in total. The summed E-state index contributed by atoms with van der Waals surface area (Å²) in [5, 5.41) is 7.41. The molecule has 0 bridgehead atoms. The third-order valence-corrected chi connectivity index (χ3v) is 4.67. The highest BCUT2D eigenvalue weighted by Gasteiger charge is 2.20. The lowest BCUT2D eigenvalue weighted by atomic mass is 10.0. The second-order valence-electron chi connectivity index (χ2n) is 6.35. The largest absolute Gasteiger partial charge is 0.321 e. The van der Waals surface area contributed by atoms with Crippen molar-refractivity contribution < 1.29 is 14.0 Å². The van der Waals surface area contributed by atoms with E-state index in [1.165, 1.54) is 28.9 Å². The number of nitrogens with one attached hydrogen (secondary N) is 1. The molecule has 0 aliphatic rings. The van der Waals surface area contributed by atoms with Crippen molar-refractivity contribution >= 4 is 29.0 Å². The highest BCUT2D eigenvalue weighted by molar-refractivity contribution is 6.34. The molecule has 1 heterocycles. The minimum absolute atomic E-state index is 0.225. The summed E-state index contributed by atoms with van der Waals surface area (Å²) in [6, 6.07) is 11.8. The van der Waals surface area contributed by atoms with Gasteiger partial charge >= 0.3 is 0 Å². The fraction of sp³-hybridized carbons (Fsp3) is 0.190. The minimum Gasteiger partial charge on any atom is -0.321 e. The Labute approximate surface area is 167 Å². The van der Waals surface area contributed by atoms with Gasteiger partial charge in [-0.3, -0.25) is 14.3 Å². The number of anilines is 1. The van der Waals surface area contributed by atoms with Crippen LogP contribution in [0.2, 0.25) is 5.02 Å². The van der Waals surface area contributed by atoms with Crippen LogP contribution in [0.5, 0.6) is 0 Å². The zero-order valence-electron chi connectivity index (χ0n) is 15.5. The number of amides is 1. The summed E-state index contributed by atoms with van der Waals surface area (Å²) in [6.45, 7) is 2.01. The first-order chi connectivity index (χ1) is 13.4. The number of carbonyl (C=O) groups excluding carboxylic acids is 2. The predicted octanol–water partition coefficient (Wildman–Crippen LogP) is 4.65. The number of nitrogens with zero attached hydrogens (tertiary/aromatic N) is 2. The van der Waals surface area contributed by atoms with E-state index in [0.29, 0.717) is 34.0 Å². The molecule has 144 valence electrons. The maximum atomic E-state index is 13.0. The van der Waals surface area contributed by atoms with Crippen molar-refractivity contribution in [1.29, 1.82) is 0 Å². The predicted molar refractivity (Wildman–Crippen MR) is 106 cm³/mol. The van der Waals surface area contributed by atoms with E-state index in [4.69, 9.17) is 11.6 Å². The molecule has 0 aliphatic heterocycles. The summed E-state index contributed by atoms with van der Waals surface area (Å²) in [5.74, 6) is -0.998. The molecule has 0 aliphatic carbocycles. The van der Waals surface area contributed by atoms with E-state index in [2.05, 4.69) is 10.4 Å². The van der Waals surface area contributed by atoms with E-state index in [-0.39, 0.29) is 17.4 Å². The summed E-state index contributed by atoms with van der Waals surface area (Å²) >= 11 is 6.30. The van der Waals surface area contributed by atoms with E-state index >= 15 is 0 Å². The molecule has 3 aromatic rings. The number of rotatable bonds is 6. The van der Waals surface area contributed by atoms with Gasteiger partial charge in [0.05, 0.1) is 10.7 Å². The Morgan fingerprint density at radius 1 is 1.07 bits per heavy atom. The molecule has 0 spiro atoms. The van der Waals surface area contributed by atoms with Crippen LogP contribution in [0.3, 0.4) is 0 Å². The molecule has 0 saturated heterocycles. The van der Waals surface area contributed by atoms with Crippen LogP contribution in [-0.2, 0) is 13.5 Å². The molecule has 1 amide bonds. The molecule has 0 radical (unpaired) electrons. The van der Waals surface area contributed by atoms with Gasteiger partial charge in [-0.15, -0.1) is 0 Å². The summed E-state index contributed by atoms with van der Waals surface area (Å²) in [6.07, 6.45) is 1.57. The molecule has 0 atom stereocenters. The molecule has 3 rings (SSSR count). The van der Waals surface area contributed by atoms with Gasteiger partial charge in [-0.2, -0.15) is 5.10 Å². The smallest absolute Gasteiger partial charge is 0.275 e. The van der Waals surface area contributed by atoms with Crippen molar-refractivity contribution in [3.63, 3.8) is 0 Å². The number of halogens is 2. The SMILES string of the molecule is CCCc1nn(C)c(C(=O)Nc2ccc(C(=O)c3ccc(F)cc3)cc2)c1Cl. The number of hydrogen-bond acceptors (Lipinski definition) is 3. The number of aryl methyl sites for hydroxylation is 2. The zero-order valence-corrected chi connectivity index (χ0v) is 16.3. The average Bonchev–Trinajstić information content (AvgIpc) is 2.96. The maximum Gasteiger partial charge on any atom is 0.275 e. The Balaban J connectivity index is 1.75. The topological polar surface area (TPSA) is 64.0 Å². The minimum atomic E-state index is -0.398. The van der Waals surface area contributed by atoms with Crippen LogP contribution in [0.1, 0.15) is 45.4 Å². The van der Waals surface area contributed by atoms with E-state index in [1.54, 1.807) is 31.3 Å². The molecule has 1 N–H and O–H groups in total. The van der Waals surface area contributed by atoms with Crippen molar-refractivity contribution in [3.05, 3.63) is 81.9 Å². The van der Waals surface area contributed by atoms with Gasteiger partial charge in [0.2, 0.25) is 0 Å². The van der Waals surface area contributed by atoms with E-state index < -0.39 is 5.82 Å². The highest BCUT2D eigenvalue weighted by atomic mass is 35.5. The van der Waals surface area contributed by atoms with Crippen molar-refractivity contribution in [2.45, 2.75) is 19.8 Å². The fourth-order valence-corrected chi connectivity index (χ4v) is 3.20. The normalized spacial score (nSPS) is 10.7. The molecule has 28 heavy (non-hydrogen) atoms. The van der Waals surface area contributed by atoms with Crippen LogP contribution in [0.4, 0.5) is 10.1 Å². The van der Waals surface area contributed by atoms with Crippen LogP contribution in [0.15, 0.2) is 48.5 Å². The summed E-state index contributed by atoms with van der Waals surface area (Å²) in [7, 11) is 1.67. The second-order valence-corrected chi connectivity index (χ2v) is 6.73. The highest BCUT2D eigenvalue weighted by Crippen LogP contribution is 2.23. The van der Waals surface area contributed by atoms with E-state index in [0.717, 1.165) is 6.42 Å². The number of aromatic nitrogens is 2. The van der Waals surface area contributed by atoms with Gasteiger partial charge in [-0.05, 0) is 55.0 Å². The van der Waals surface area contributed by atoms with Gasteiger partial charge in [0.1, 0.15) is 11.5 Å². The lowest BCUT2D eigenvalue weighted by molar-refractivity contribution is 0.101. The van der Waals surface area contributed by atoms with Crippen LogP contribution >= 0.6 is 11.6 Å². The lowest BCUT2D eigenvalue weighted by Gasteiger charge is -2.07. The Morgan fingerprint density at radius 3 is 2.21 bits per heavy atom. The second kappa shape index (κ2) is 8.35. The standard InChI is InChI=1S/C21H19ClFN3O2/c1-3-4-17-18(22)19(26(2)25-17)21(28)24-16-11-7-14(8-12-16)20(27)13-5-9-15(23)10-6-13/h5-12H,3-4H2,1-2H3,(H,24,28). The van der Waals surface area contributed by atoms with Crippen LogP contribution in [0, 0.1) is 5.82 Å². The van der Waals surface area contributed by atoms with Crippen molar-refractivity contribution in [2.24, 2.45) is 7.05 Å². The Bertz CT molecular complexity index is 1010. The summed E-state index contributed by atoms with van der Waals surface area (Å²) < 4.78 is 14.5. The van der Waals surface area contributed by atoms with Gasteiger partial charge in [-0.25, -0.2) is 4.39 Å². The Morgan fingerprint density at radius 2 is 1.64 bits per heavy atom. The first-order valence-corrected chi connectivity index (χ1v) is 9.21. The number of benzene rings is 2. The van der Waals surface area contributed by atoms with E-state index in [1.807, 2.05) is 6.92 Å². The first kappa shape index (κ1) is 19.8. The first-order valence-electron chi connectivity index (χ1n) is 8.83. The fourth-order valence-electron chi connectivity index (χ4n) is 2.86. The molecule has 7 heteroatoms. The van der Waals surface area contributed by atoms with Gasteiger partial charge in [0.15, 0.2) is 5.78 Å². The molecule has 0 fully saturated rings. The molecular weight excluding hydrogens is 381 g/mol. The van der Waals surface area contributed by atoms with Crippen LogP contribution in [0.25, 0.3) is 0 Å². The Hall–Kier alpha value is -2.99. The summed E-state index contributed by atoms with van der Waals surface area (Å²) in [5.41, 5.74) is 2.33. The lowest BCUT2D eigenvalue weighted by Crippen LogP contribution is -2.16. The van der Waals surface area contributed by atoms with Gasteiger partial charge in [-0.1, -0.05) is 24.9 Å². The van der Waals surface area contributed by atoms with Crippen molar-refractivity contribution in [1.82, 2.24) is 9.78 Å². The quantitative estimate of drug-likeness (QED) is 0.614. The number of ketones is 1. The van der Waals surface area contributed by atoms with Crippen molar-refractivity contribution in [2.75, 3.05) is 5.32 Å². The third-order valence-electron chi connectivity index (χ3n) is 4.27. The van der Waals surface area contributed by atoms with E-state index in [9.17, 15) is 14.0 Å². The van der Waals surface area contributed by atoms with Crippen LogP contribution < -0.4 is 5.32 Å².